The maximum absolute atomic E-state index is 5.87. The number of benzene rings is 1. The third-order valence-corrected chi connectivity index (χ3v) is 2.03. The fourth-order valence-corrected chi connectivity index (χ4v) is 1.37. The molecule has 1 aromatic carbocycles. The lowest BCUT2D eigenvalue weighted by atomic mass is 10.3. The average Bonchev–Trinajstić information content (AvgIpc) is 2.17. The lowest BCUT2D eigenvalue weighted by Gasteiger charge is -2.02. The molecule has 0 spiro atoms. The maximum Gasteiger partial charge on any atom is 0.172 e. The molecule has 0 aliphatic heterocycles. The van der Waals surface area contributed by atoms with Gasteiger partial charge in [0.05, 0.1) is 11.0 Å². The van der Waals surface area contributed by atoms with Crippen molar-refractivity contribution in [3.63, 3.8) is 0 Å². The minimum Gasteiger partial charge on any atom is -0.371 e. The van der Waals surface area contributed by atoms with Gasteiger partial charge in [0.1, 0.15) is 0 Å². The third-order valence-electron chi connectivity index (χ3n) is 1.76. The standard InChI is InChI=1S/C9H8ClN3/c1-11-9-8(10)12-6-4-2-3-5-7(6)13-9/h2-5H,1H3,(H,11,13). The van der Waals surface area contributed by atoms with E-state index >= 15 is 0 Å². The van der Waals surface area contributed by atoms with Gasteiger partial charge < -0.3 is 5.32 Å². The van der Waals surface area contributed by atoms with Gasteiger partial charge in [-0.3, -0.25) is 0 Å². The van der Waals surface area contributed by atoms with E-state index in [9.17, 15) is 0 Å². The van der Waals surface area contributed by atoms with E-state index in [1.165, 1.54) is 0 Å². The lowest BCUT2D eigenvalue weighted by molar-refractivity contribution is 1.26. The number of para-hydroxylation sites is 2. The number of rotatable bonds is 1. The Labute approximate surface area is 80.8 Å². The molecule has 1 N–H and O–H groups in total. The van der Waals surface area contributed by atoms with Crippen molar-refractivity contribution >= 4 is 28.5 Å². The van der Waals surface area contributed by atoms with Gasteiger partial charge in [-0.1, -0.05) is 23.7 Å². The summed E-state index contributed by atoms with van der Waals surface area (Å²) >= 11 is 5.87. The minimum atomic E-state index is 0.404. The second-order valence-corrected chi connectivity index (χ2v) is 2.96. The first-order chi connectivity index (χ1) is 6.31. The number of fused-ring (bicyclic) bond motifs is 1. The fourth-order valence-electron chi connectivity index (χ4n) is 1.14. The zero-order chi connectivity index (χ0) is 9.26. The molecule has 2 aromatic rings. The van der Waals surface area contributed by atoms with Crippen LogP contribution in [0.25, 0.3) is 11.0 Å². The SMILES string of the molecule is CNc1nc2ccccc2nc1Cl. The van der Waals surface area contributed by atoms with Gasteiger partial charge in [-0.05, 0) is 12.1 Å². The summed E-state index contributed by atoms with van der Waals surface area (Å²) in [5, 5.41) is 3.29. The van der Waals surface area contributed by atoms with Crippen LogP contribution in [-0.4, -0.2) is 17.0 Å². The predicted octanol–water partition coefficient (Wildman–Crippen LogP) is 2.32. The van der Waals surface area contributed by atoms with Gasteiger partial charge in [-0.2, -0.15) is 0 Å². The van der Waals surface area contributed by atoms with Crippen LogP contribution in [0.4, 0.5) is 5.82 Å². The topological polar surface area (TPSA) is 37.8 Å². The average molecular weight is 194 g/mol. The predicted molar refractivity (Wildman–Crippen MR) is 54.1 cm³/mol. The van der Waals surface area contributed by atoms with Crippen molar-refractivity contribution in [3.8, 4) is 0 Å². The summed E-state index contributed by atoms with van der Waals surface area (Å²) in [6, 6.07) is 7.61. The Hall–Kier alpha value is -1.35. The highest BCUT2D eigenvalue weighted by Gasteiger charge is 2.03. The number of hydrogen-bond donors (Lipinski definition) is 1. The maximum atomic E-state index is 5.87. The minimum absolute atomic E-state index is 0.404. The number of nitrogens with one attached hydrogen (secondary N) is 1. The molecule has 2 rings (SSSR count). The third kappa shape index (κ3) is 1.42. The quantitative estimate of drug-likeness (QED) is 0.756. The van der Waals surface area contributed by atoms with Crippen LogP contribution < -0.4 is 5.32 Å². The Kier molecular flexibility index (Phi) is 2.02. The highest BCUT2D eigenvalue weighted by molar-refractivity contribution is 6.32. The summed E-state index contributed by atoms with van der Waals surface area (Å²) in [5.41, 5.74) is 1.66. The summed E-state index contributed by atoms with van der Waals surface area (Å²) < 4.78 is 0. The molecule has 0 amide bonds. The number of halogens is 1. The van der Waals surface area contributed by atoms with Crippen molar-refractivity contribution in [3.05, 3.63) is 29.4 Å². The summed E-state index contributed by atoms with van der Waals surface area (Å²) in [4.78, 5) is 8.47. The Morgan fingerprint density at radius 3 is 2.38 bits per heavy atom. The summed E-state index contributed by atoms with van der Waals surface area (Å²) in [6.07, 6.45) is 0. The van der Waals surface area contributed by atoms with E-state index in [-0.39, 0.29) is 0 Å². The highest BCUT2D eigenvalue weighted by atomic mass is 35.5. The van der Waals surface area contributed by atoms with Crippen LogP contribution in [0.3, 0.4) is 0 Å². The van der Waals surface area contributed by atoms with Gasteiger partial charge in [0.25, 0.3) is 0 Å². The van der Waals surface area contributed by atoms with Crippen LogP contribution in [0.5, 0.6) is 0 Å². The van der Waals surface area contributed by atoms with Crippen LogP contribution in [-0.2, 0) is 0 Å². The van der Waals surface area contributed by atoms with Crippen LogP contribution >= 0.6 is 11.6 Å². The van der Waals surface area contributed by atoms with E-state index in [2.05, 4.69) is 15.3 Å². The largest absolute Gasteiger partial charge is 0.371 e. The van der Waals surface area contributed by atoms with E-state index in [4.69, 9.17) is 11.6 Å². The number of nitrogens with zero attached hydrogens (tertiary/aromatic N) is 2. The van der Waals surface area contributed by atoms with E-state index in [0.29, 0.717) is 11.0 Å². The first-order valence-electron chi connectivity index (χ1n) is 3.91. The van der Waals surface area contributed by atoms with Gasteiger partial charge in [-0.15, -0.1) is 0 Å². The first-order valence-corrected chi connectivity index (χ1v) is 4.29. The molecular formula is C9H8ClN3. The molecular weight excluding hydrogens is 186 g/mol. The Morgan fingerprint density at radius 1 is 1.15 bits per heavy atom. The van der Waals surface area contributed by atoms with Crippen LogP contribution in [0, 0.1) is 0 Å². The second-order valence-electron chi connectivity index (χ2n) is 2.60. The molecule has 66 valence electrons. The molecule has 0 saturated heterocycles. The zero-order valence-corrected chi connectivity index (χ0v) is 7.84. The van der Waals surface area contributed by atoms with Crippen LogP contribution in [0.15, 0.2) is 24.3 Å². The van der Waals surface area contributed by atoms with Gasteiger partial charge in [0.2, 0.25) is 0 Å². The van der Waals surface area contributed by atoms with Crippen molar-refractivity contribution in [1.29, 1.82) is 0 Å². The van der Waals surface area contributed by atoms with Gasteiger partial charge in [0.15, 0.2) is 11.0 Å². The highest BCUT2D eigenvalue weighted by Crippen LogP contribution is 2.19. The van der Waals surface area contributed by atoms with Crippen molar-refractivity contribution in [2.24, 2.45) is 0 Å². The van der Waals surface area contributed by atoms with Crippen LogP contribution in [0.1, 0.15) is 0 Å². The van der Waals surface area contributed by atoms with Crippen LogP contribution in [0.2, 0.25) is 5.15 Å². The lowest BCUT2D eigenvalue weighted by Crippen LogP contribution is -1.95. The molecule has 0 aliphatic carbocycles. The molecule has 0 radical (unpaired) electrons. The summed E-state index contributed by atoms with van der Waals surface area (Å²) in [6.45, 7) is 0. The fraction of sp³-hybridized carbons (Fsp3) is 0.111. The smallest absolute Gasteiger partial charge is 0.172 e. The Balaban J connectivity index is 2.74. The number of aromatic nitrogens is 2. The zero-order valence-electron chi connectivity index (χ0n) is 7.08. The van der Waals surface area contributed by atoms with Crippen molar-refractivity contribution in [2.45, 2.75) is 0 Å². The van der Waals surface area contributed by atoms with Gasteiger partial charge in [-0.25, -0.2) is 9.97 Å². The van der Waals surface area contributed by atoms with E-state index < -0.39 is 0 Å². The molecule has 4 heteroatoms. The summed E-state index contributed by atoms with van der Waals surface area (Å²) in [5.74, 6) is 0.611. The van der Waals surface area contributed by atoms with Gasteiger partial charge in [0, 0.05) is 7.05 Å². The molecule has 0 saturated carbocycles. The molecule has 0 fully saturated rings. The summed E-state index contributed by atoms with van der Waals surface area (Å²) in [7, 11) is 1.77. The van der Waals surface area contributed by atoms with Crippen molar-refractivity contribution in [1.82, 2.24) is 9.97 Å². The number of anilines is 1. The van der Waals surface area contributed by atoms with Gasteiger partial charge >= 0.3 is 0 Å². The van der Waals surface area contributed by atoms with E-state index in [1.807, 2.05) is 24.3 Å². The van der Waals surface area contributed by atoms with Crippen molar-refractivity contribution < 1.29 is 0 Å². The Morgan fingerprint density at radius 2 is 1.77 bits per heavy atom. The molecule has 0 unspecified atom stereocenters. The van der Waals surface area contributed by atoms with E-state index in [1.54, 1.807) is 7.05 Å². The molecule has 3 nitrogen and oxygen atoms in total. The number of hydrogen-bond acceptors (Lipinski definition) is 3. The molecule has 0 bridgehead atoms. The monoisotopic (exact) mass is 193 g/mol. The molecule has 1 heterocycles. The van der Waals surface area contributed by atoms with E-state index in [0.717, 1.165) is 11.0 Å². The second kappa shape index (κ2) is 3.18. The first kappa shape index (κ1) is 8.26. The molecule has 0 aliphatic rings. The Bertz CT molecular complexity index is 442. The normalized spacial score (nSPS) is 10.3. The molecule has 1 aromatic heterocycles. The molecule has 13 heavy (non-hydrogen) atoms. The molecule has 0 atom stereocenters. The van der Waals surface area contributed by atoms with Crippen molar-refractivity contribution in [2.75, 3.05) is 12.4 Å².